The van der Waals surface area contributed by atoms with Crippen molar-refractivity contribution in [3.05, 3.63) is 130 Å². The Bertz CT molecular complexity index is 1230. The Morgan fingerprint density at radius 2 is 0.853 bits per heavy atom. The summed E-state index contributed by atoms with van der Waals surface area (Å²) in [6, 6.07) is 31.3. The molecule has 0 saturated carbocycles. The number of ketones is 2. The minimum Gasteiger partial charge on any atom is -0.384 e. The highest BCUT2D eigenvalue weighted by atomic mass is 16.1. The molecular formula is C30H26N2O2. The van der Waals surface area contributed by atoms with E-state index in [4.69, 9.17) is 0 Å². The largest absolute Gasteiger partial charge is 0.384 e. The molecule has 0 spiro atoms. The van der Waals surface area contributed by atoms with E-state index in [-0.39, 0.29) is 11.6 Å². The molecule has 168 valence electrons. The molecule has 2 N–H and O–H groups in total. The van der Waals surface area contributed by atoms with E-state index in [0.717, 1.165) is 12.8 Å². The van der Waals surface area contributed by atoms with Gasteiger partial charge in [0.15, 0.2) is 11.6 Å². The molecule has 0 aromatic heterocycles. The number of anilines is 2. The molecule has 4 aromatic carbocycles. The zero-order valence-corrected chi connectivity index (χ0v) is 18.9. The van der Waals surface area contributed by atoms with Gasteiger partial charge in [-0.2, -0.15) is 0 Å². The third-order valence-electron chi connectivity index (χ3n) is 6.22. The second-order valence-electron chi connectivity index (χ2n) is 8.44. The van der Waals surface area contributed by atoms with Crippen molar-refractivity contribution in [3.8, 4) is 0 Å². The summed E-state index contributed by atoms with van der Waals surface area (Å²) in [4.78, 5) is 27.1. The van der Waals surface area contributed by atoms with Gasteiger partial charge in [-0.3, -0.25) is 9.59 Å². The van der Waals surface area contributed by atoms with Crippen molar-refractivity contribution in [2.75, 3.05) is 23.7 Å². The molecule has 5 rings (SSSR count). The van der Waals surface area contributed by atoms with E-state index < -0.39 is 0 Å². The molecule has 1 aliphatic rings. The Balaban J connectivity index is 1.44. The average molecular weight is 447 g/mol. The number of rotatable bonds is 8. The van der Waals surface area contributed by atoms with E-state index in [1.807, 2.05) is 48.5 Å². The number of hydrogen-bond acceptors (Lipinski definition) is 4. The van der Waals surface area contributed by atoms with E-state index in [1.165, 1.54) is 11.1 Å². The lowest BCUT2D eigenvalue weighted by molar-refractivity contribution is 0.0980. The lowest BCUT2D eigenvalue weighted by atomic mass is 9.82. The van der Waals surface area contributed by atoms with Crippen LogP contribution in [0.3, 0.4) is 0 Å². The Morgan fingerprint density at radius 1 is 0.471 bits per heavy atom. The molecule has 1 aliphatic carbocycles. The second kappa shape index (κ2) is 9.75. The third kappa shape index (κ3) is 4.35. The van der Waals surface area contributed by atoms with Crippen LogP contribution in [0.1, 0.15) is 43.0 Å². The minimum atomic E-state index is -0.112. The van der Waals surface area contributed by atoms with Crippen LogP contribution in [-0.2, 0) is 12.8 Å². The van der Waals surface area contributed by atoms with Gasteiger partial charge in [0.05, 0.1) is 11.1 Å². The van der Waals surface area contributed by atoms with Crippen molar-refractivity contribution >= 4 is 22.9 Å². The molecule has 0 unspecified atom stereocenters. The maximum absolute atomic E-state index is 13.5. The first-order chi connectivity index (χ1) is 16.7. The molecule has 4 nitrogen and oxygen atoms in total. The van der Waals surface area contributed by atoms with Gasteiger partial charge >= 0.3 is 0 Å². The van der Waals surface area contributed by atoms with Gasteiger partial charge < -0.3 is 10.6 Å². The van der Waals surface area contributed by atoms with Gasteiger partial charge in [0.2, 0.25) is 0 Å². The number of hydrogen-bond donors (Lipinski definition) is 2. The van der Waals surface area contributed by atoms with Crippen LogP contribution < -0.4 is 10.6 Å². The van der Waals surface area contributed by atoms with Gasteiger partial charge in [0.1, 0.15) is 0 Å². The highest BCUT2D eigenvalue weighted by Gasteiger charge is 2.33. The van der Waals surface area contributed by atoms with Crippen LogP contribution in [-0.4, -0.2) is 24.7 Å². The average Bonchev–Trinajstić information content (AvgIpc) is 2.89. The third-order valence-corrected chi connectivity index (χ3v) is 6.22. The monoisotopic (exact) mass is 446 g/mol. The lowest BCUT2D eigenvalue weighted by Crippen LogP contribution is -2.25. The van der Waals surface area contributed by atoms with E-state index in [1.54, 1.807) is 24.3 Å². The topological polar surface area (TPSA) is 58.2 Å². The van der Waals surface area contributed by atoms with Crippen molar-refractivity contribution < 1.29 is 9.59 Å². The summed E-state index contributed by atoms with van der Waals surface area (Å²) >= 11 is 0. The fourth-order valence-electron chi connectivity index (χ4n) is 4.49. The molecule has 0 fully saturated rings. The predicted molar refractivity (Wildman–Crippen MR) is 137 cm³/mol. The molecule has 4 heteroatoms. The van der Waals surface area contributed by atoms with Gasteiger partial charge in [-0.25, -0.2) is 0 Å². The quantitative estimate of drug-likeness (QED) is 0.318. The molecule has 34 heavy (non-hydrogen) atoms. The van der Waals surface area contributed by atoms with E-state index >= 15 is 0 Å². The molecule has 0 bridgehead atoms. The molecule has 0 saturated heterocycles. The normalized spacial score (nSPS) is 12.1. The van der Waals surface area contributed by atoms with E-state index in [0.29, 0.717) is 46.7 Å². The van der Waals surface area contributed by atoms with Crippen LogP contribution in [0.5, 0.6) is 0 Å². The number of nitrogens with one attached hydrogen (secondary N) is 2. The lowest BCUT2D eigenvalue weighted by Gasteiger charge is -2.24. The van der Waals surface area contributed by atoms with Gasteiger partial charge in [-0.05, 0) is 36.1 Å². The Labute approximate surface area is 199 Å². The molecule has 0 aliphatic heterocycles. The van der Waals surface area contributed by atoms with Crippen LogP contribution >= 0.6 is 0 Å². The van der Waals surface area contributed by atoms with Crippen LogP contribution in [0.4, 0.5) is 11.4 Å². The first-order valence-electron chi connectivity index (χ1n) is 11.6. The molecular weight excluding hydrogens is 420 g/mol. The van der Waals surface area contributed by atoms with Crippen molar-refractivity contribution in [2.24, 2.45) is 0 Å². The smallest absolute Gasteiger partial charge is 0.196 e. The van der Waals surface area contributed by atoms with Crippen LogP contribution in [0, 0.1) is 0 Å². The predicted octanol–water partition coefficient (Wildman–Crippen LogP) is 5.77. The summed E-state index contributed by atoms with van der Waals surface area (Å²) in [6.45, 7) is 1.33. The first kappa shape index (κ1) is 21.7. The van der Waals surface area contributed by atoms with E-state index in [2.05, 4.69) is 34.9 Å². The second-order valence-corrected chi connectivity index (χ2v) is 8.44. The minimum absolute atomic E-state index is 0.112. The highest BCUT2D eigenvalue weighted by molar-refractivity contribution is 6.31. The maximum Gasteiger partial charge on any atom is 0.196 e. The van der Waals surface area contributed by atoms with Gasteiger partial charge in [-0.1, -0.05) is 84.9 Å². The molecule has 0 radical (unpaired) electrons. The van der Waals surface area contributed by atoms with Crippen molar-refractivity contribution in [3.63, 3.8) is 0 Å². The fourth-order valence-corrected chi connectivity index (χ4v) is 4.49. The fraction of sp³-hybridized carbons (Fsp3) is 0.133. The number of benzene rings is 4. The Morgan fingerprint density at radius 3 is 1.26 bits per heavy atom. The summed E-state index contributed by atoms with van der Waals surface area (Å²) in [7, 11) is 0. The van der Waals surface area contributed by atoms with Gasteiger partial charge in [0, 0.05) is 35.6 Å². The van der Waals surface area contributed by atoms with Gasteiger partial charge in [-0.15, -0.1) is 0 Å². The zero-order chi connectivity index (χ0) is 23.3. The highest BCUT2D eigenvalue weighted by Crippen LogP contribution is 2.36. The van der Waals surface area contributed by atoms with Gasteiger partial charge in [0.25, 0.3) is 0 Å². The summed E-state index contributed by atoms with van der Waals surface area (Å²) in [5, 5.41) is 6.82. The summed E-state index contributed by atoms with van der Waals surface area (Å²) < 4.78 is 0. The standard InChI is InChI=1S/C30H26N2O2/c33-29-23-13-7-8-14-24(23)30(34)28-26(32-20-18-22-11-5-2-6-12-22)16-15-25(27(28)29)31-19-17-21-9-3-1-4-10-21/h1-16,31-32H,17-20H2. The number of fused-ring (bicyclic) bond motifs is 2. The molecule has 0 amide bonds. The van der Waals surface area contributed by atoms with Crippen LogP contribution in [0.2, 0.25) is 0 Å². The molecule has 4 aromatic rings. The molecule has 0 heterocycles. The summed E-state index contributed by atoms with van der Waals surface area (Å²) in [5.41, 5.74) is 5.69. The van der Waals surface area contributed by atoms with E-state index in [9.17, 15) is 9.59 Å². The summed E-state index contributed by atoms with van der Waals surface area (Å²) in [5.74, 6) is -0.224. The number of carbonyl (C=O) groups is 2. The Hall–Kier alpha value is -4.18. The van der Waals surface area contributed by atoms with Crippen LogP contribution in [0.25, 0.3) is 0 Å². The Kier molecular flexibility index (Phi) is 6.21. The van der Waals surface area contributed by atoms with Crippen molar-refractivity contribution in [2.45, 2.75) is 12.8 Å². The van der Waals surface area contributed by atoms with Crippen LogP contribution in [0.15, 0.2) is 97.1 Å². The zero-order valence-electron chi connectivity index (χ0n) is 18.9. The SMILES string of the molecule is O=C1c2ccccc2C(=O)c2c(NCCc3ccccc3)ccc(NCCc3ccccc3)c21. The first-order valence-corrected chi connectivity index (χ1v) is 11.6. The molecule has 0 atom stereocenters. The van der Waals surface area contributed by atoms with Crippen molar-refractivity contribution in [1.82, 2.24) is 0 Å². The number of carbonyl (C=O) groups excluding carboxylic acids is 2. The van der Waals surface area contributed by atoms with Crippen molar-refractivity contribution in [1.29, 1.82) is 0 Å². The maximum atomic E-state index is 13.5. The summed E-state index contributed by atoms with van der Waals surface area (Å²) in [6.07, 6.45) is 1.65.